The molecular formula is C11H19NOS. The molecule has 0 fully saturated rings. The van der Waals surface area contributed by atoms with E-state index in [1.54, 1.807) is 0 Å². The van der Waals surface area contributed by atoms with Gasteiger partial charge in [-0.2, -0.15) is 12.6 Å². The summed E-state index contributed by atoms with van der Waals surface area (Å²) in [4.78, 5) is 13.8. The number of rotatable bonds is 2. The zero-order valence-corrected chi connectivity index (χ0v) is 10.1. The highest BCUT2D eigenvalue weighted by Crippen LogP contribution is 2.16. The Morgan fingerprint density at radius 3 is 2.64 bits per heavy atom. The van der Waals surface area contributed by atoms with Gasteiger partial charge in [-0.3, -0.25) is 4.79 Å². The predicted octanol–water partition coefficient (Wildman–Crippen LogP) is 2.12. The molecule has 1 aliphatic heterocycles. The quantitative estimate of drug-likeness (QED) is 0.550. The summed E-state index contributed by atoms with van der Waals surface area (Å²) in [6.07, 6.45) is 3.13. The van der Waals surface area contributed by atoms with Gasteiger partial charge in [0.25, 0.3) is 0 Å². The summed E-state index contributed by atoms with van der Waals surface area (Å²) in [6, 6.07) is 0. The molecule has 0 aromatic carbocycles. The van der Waals surface area contributed by atoms with Crippen molar-refractivity contribution in [1.82, 2.24) is 4.90 Å². The first kappa shape index (κ1) is 11.6. The molecule has 0 saturated carbocycles. The number of hydrogen-bond acceptors (Lipinski definition) is 2. The third-order valence-corrected chi connectivity index (χ3v) is 3.45. The number of hydrogen-bond donors (Lipinski definition) is 1. The number of carbonyl (C=O) groups is 1. The minimum atomic E-state index is -0.151. The molecule has 14 heavy (non-hydrogen) atoms. The van der Waals surface area contributed by atoms with E-state index in [1.807, 2.05) is 18.7 Å². The Balaban J connectivity index is 2.54. The molecule has 1 rings (SSSR count). The molecule has 3 heteroatoms. The van der Waals surface area contributed by atoms with E-state index >= 15 is 0 Å². The van der Waals surface area contributed by atoms with E-state index in [0.717, 1.165) is 19.5 Å². The SMILES string of the molecule is CC1=CCN(C(=O)C(S)C(C)C)CC1. The highest BCUT2D eigenvalue weighted by molar-refractivity contribution is 7.81. The van der Waals surface area contributed by atoms with E-state index in [-0.39, 0.29) is 11.2 Å². The average molecular weight is 213 g/mol. The van der Waals surface area contributed by atoms with Crippen molar-refractivity contribution in [2.24, 2.45) is 5.92 Å². The molecule has 0 spiro atoms. The molecule has 1 amide bonds. The topological polar surface area (TPSA) is 20.3 Å². The van der Waals surface area contributed by atoms with Gasteiger partial charge in [-0.25, -0.2) is 0 Å². The van der Waals surface area contributed by atoms with Crippen molar-refractivity contribution in [3.63, 3.8) is 0 Å². The van der Waals surface area contributed by atoms with Gasteiger partial charge in [0, 0.05) is 13.1 Å². The first-order valence-corrected chi connectivity index (χ1v) is 5.66. The van der Waals surface area contributed by atoms with Crippen LogP contribution in [-0.2, 0) is 4.79 Å². The Morgan fingerprint density at radius 2 is 2.21 bits per heavy atom. The minimum Gasteiger partial charge on any atom is -0.338 e. The maximum absolute atomic E-state index is 11.9. The van der Waals surface area contributed by atoms with Crippen LogP contribution in [0.2, 0.25) is 0 Å². The van der Waals surface area contributed by atoms with Crippen LogP contribution in [0.5, 0.6) is 0 Å². The normalized spacial score (nSPS) is 19.5. The van der Waals surface area contributed by atoms with Gasteiger partial charge in [-0.1, -0.05) is 25.5 Å². The van der Waals surface area contributed by atoms with Crippen LogP contribution < -0.4 is 0 Å². The zero-order chi connectivity index (χ0) is 10.7. The second-order valence-electron chi connectivity index (χ2n) is 4.27. The van der Waals surface area contributed by atoms with Crippen molar-refractivity contribution in [3.05, 3.63) is 11.6 Å². The van der Waals surface area contributed by atoms with Gasteiger partial charge in [0.05, 0.1) is 5.25 Å². The number of carbonyl (C=O) groups excluding carboxylic acids is 1. The number of thiol groups is 1. The van der Waals surface area contributed by atoms with Crippen LogP contribution in [0.3, 0.4) is 0 Å². The predicted molar refractivity (Wildman–Crippen MR) is 62.6 cm³/mol. The van der Waals surface area contributed by atoms with E-state index in [9.17, 15) is 4.79 Å². The molecule has 1 unspecified atom stereocenters. The third kappa shape index (κ3) is 2.77. The lowest BCUT2D eigenvalue weighted by molar-refractivity contribution is -0.130. The Hall–Kier alpha value is -0.440. The standard InChI is InChI=1S/C11H19NOS/c1-8(2)10(14)11(13)12-6-4-9(3)5-7-12/h4,8,10,14H,5-7H2,1-3H3. The van der Waals surface area contributed by atoms with Gasteiger partial charge in [-0.05, 0) is 19.3 Å². The van der Waals surface area contributed by atoms with Gasteiger partial charge in [0.2, 0.25) is 5.91 Å². The molecule has 2 nitrogen and oxygen atoms in total. The molecule has 0 aromatic rings. The Morgan fingerprint density at radius 1 is 1.57 bits per heavy atom. The van der Waals surface area contributed by atoms with Crippen LogP contribution in [-0.4, -0.2) is 29.1 Å². The first-order chi connectivity index (χ1) is 6.52. The van der Waals surface area contributed by atoms with Crippen molar-refractivity contribution >= 4 is 18.5 Å². The van der Waals surface area contributed by atoms with Crippen LogP contribution in [0.1, 0.15) is 27.2 Å². The zero-order valence-electron chi connectivity index (χ0n) is 9.16. The summed E-state index contributed by atoms with van der Waals surface area (Å²) in [5.41, 5.74) is 1.38. The molecular weight excluding hydrogens is 194 g/mol. The fourth-order valence-corrected chi connectivity index (χ4v) is 1.61. The maximum atomic E-state index is 11.9. The number of nitrogens with zero attached hydrogens (tertiary/aromatic N) is 1. The molecule has 0 N–H and O–H groups in total. The highest BCUT2D eigenvalue weighted by atomic mass is 32.1. The van der Waals surface area contributed by atoms with Crippen molar-refractivity contribution in [1.29, 1.82) is 0 Å². The second kappa shape index (κ2) is 4.87. The van der Waals surface area contributed by atoms with E-state index in [2.05, 4.69) is 25.6 Å². The van der Waals surface area contributed by atoms with Crippen LogP contribution in [0.15, 0.2) is 11.6 Å². The highest BCUT2D eigenvalue weighted by Gasteiger charge is 2.24. The fourth-order valence-electron chi connectivity index (χ4n) is 1.44. The smallest absolute Gasteiger partial charge is 0.235 e. The first-order valence-electron chi connectivity index (χ1n) is 5.15. The number of amides is 1. The summed E-state index contributed by atoms with van der Waals surface area (Å²) in [5.74, 6) is 0.477. The van der Waals surface area contributed by atoms with Gasteiger partial charge >= 0.3 is 0 Å². The fraction of sp³-hybridized carbons (Fsp3) is 0.727. The summed E-state index contributed by atoms with van der Waals surface area (Å²) in [7, 11) is 0. The molecule has 0 bridgehead atoms. The lowest BCUT2D eigenvalue weighted by atomic mass is 10.1. The summed E-state index contributed by atoms with van der Waals surface area (Å²) in [6.45, 7) is 7.78. The Kier molecular flexibility index (Phi) is 4.05. The van der Waals surface area contributed by atoms with Crippen molar-refractivity contribution in [2.45, 2.75) is 32.4 Å². The van der Waals surface area contributed by atoms with Crippen LogP contribution in [0, 0.1) is 5.92 Å². The van der Waals surface area contributed by atoms with Crippen molar-refractivity contribution in [2.75, 3.05) is 13.1 Å². The van der Waals surface area contributed by atoms with Gasteiger partial charge < -0.3 is 4.90 Å². The summed E-state index contributed by atoms with van der Waals surface area (Å²) < 4.78 is 0. The second-order valence-corrected chi connectivity index (χ2v) is 4.83. The maximum Gasteiger partial charge on any atom is 0.235 e. The largest absolute Gasteiger partial charge is 0.338 e. The third-order valence-electron chi connectivity index (χ3n) is 2.63. The van der Waals surface area contributed by atoms with E-state index in [4.69, 9.17) is 0 Å². The van der Waals surface area contributed by atoms with Crippen molar-refractivity contribution < 1.29 is 4.79 Å². The van der Waals surface area contributed by atoms with E-state index in [0.29, 0.717) is 5.92 Å². The molecule has 1 aliphatic rings. The Labute approximate surface area is 91.8 Å². The molecule has 0 radical (unpaired) electrons. The monoisotopic (exact) mass is 213 g/mol. The van der Waals surface area contributed by atoms with Gasteiger partial charge in [0.1, 0.15) is 0 Å². The van der Waals surface area contributed by atoms with E-state index < -0.39 is 0 Å². The lowest BCUT2D eigenvalue weighted by Crippen LogP contribution is -2.41. The molecule has 0 saturated heterocycles. The van der Waals surface area contributed by atoms with Crippen LogP contribution in [0.4, 0.5) is 0 Å². The molecule has 80 valence electrons. The van der Waals surface area contributed by atoms with Gasteiger partial charge in [0.15, 0.2) is 0 Å². The molecule has 0 aliphatic carbocycles. The lowest BCUT2D eigenvalue weighted by Gasteiger charge is -2.29. The molecule has 1 atom stereocenters. The van der Waals surface area contributed by atoms with Gasteiger partial charge in [-0.15, -0.1) is 0 Å². The Bertz CT molecular complexity index is 248. The van der Waals surface area contributed by atoms with E-state index in [1.165, 1.54) is 5.57 Å². The minimum absolute atomic E-state index is 0.151. The average Bonchev–Trinajstić information content (AvgIpc) is 2.16. The van der Waals surface area contributed by atoms with Crippen molar-refractivity contribution in [3.8, 4) is 0 Å². The molecule has 0 aromatic heterocycles. The van der Waals surface area contributed by atoms with Crippen LogP contribution in [0.25, 0.3) is 0 Å². The summed E-state index contributed by atoms with van der Waals surface area (Å²) >= 11 is 4.34. The summed E-state index contributed by atoms with van der Waals surface area (Å²) in [5, 5.41) is -0.151. The molecule has 1 heterocycles. The van der Waals surface area contributed by atoms with Crippen LogP contribution >= 0.6 is 12.6 Å².